The SMILES string of the molecule is [B]C1([B])Oc2c(C(=O)NC3CCOCC3)cc(Cc3ccc(-n4cccn4)cc3)c(C)c2O1. The largest absolute Gasteiger partial charge is 0.468 e. The number of carbonyl (C=O) groups excluding carboxylic acids is 1. The smallest absolute Gasteiger partial charge is 0.255 e. The van der Waals surface area contributed by atoms with Crippen molar-refractivity contribution in [3.63, 3.8) is 0 Å². The van der Waals surface area contributed by atoms with Crippen LogP contribution >= 0.6 is 0 Å². The molecule has 0 atom stereocenters. The number of aromatic nitrogens is 2. The number of nitrogens with one attached hydrogen (secondary N) is 1. The fraction of sp³-hybridized carbons (Fsp3) is 0.333. The lowest BCUT2D eigenvalue weighted by atomic mass is 9.76. The van der Waals surface area contributed by atoms with Gasteiger partial charge in [0.1, 0.15) is 0 Å². The van der Waals surface area contributed by atoms with Gasteiger partial charge in [-0.15, -0.1) is 0 Å². The molecule has 2 aliphatic heterocycles. The zero-order chi connectivity index (χ0) is 23.0. The van der Waals surface area contributed by atoms with Crippen LogP contribution in [0, 0.1) is 6.92 Å². The Balaban J connectivity index is 1.45. The van der Waals surface area contributed by atoms with Crippen molar-refractivity contribution < 1.29 is 19.0 Å². The van der Waals surface area contributed by atoms with E-state index in [4.69, 9.17) is 29.9 Å². The molecular weight excluding hydrogens is 416 g/mol. The molecule has 0 aliphatic carbocycles. The minimum Gasteiger partial charge on any atom is -0.468 e. The van der Waals surface area contributed by atoms with Crippen molar-refractivity contribution in [3.05, 3.63) is 71.0 Å². The Bertz CT molecular complexity index is 1160. The van der Waals surface area contributed by atoms with Gasteiger partial charge in [0, 0.05) is 31.6 Å². The predicted octanol–water partition coefficient (Wildman–Crippen LogP) is 2.40. The third-order valence-corrected chi connectivity index (χ3v) is 6.02. The van der Waals surface area contributed by atoms with Gasteiger partial charge in [-0.1, -0.05) is 12.1 Å². The van der Waals surface area contributed by atoms with Crippen LogP contribution in [0.15, 0.2) is 48.8 Å². The summed E-state index contributed by atoms with van der Waals surface area (Å²) < 4.78 is 18.5. The Morgan fingerprint density at radius 2 is 1.91 bits per heavy atom. The summed E-state index contributed by atoms with van der Waals surface area (Å²) in [6.07, 6.45) is 5.77. The van der Waals surface area contributed by atoms with E-state index in [0.29, 0.717) is 30.9 Å². The lowest BCUT2D eigenvalue weighted by Gasteiger charge is -2.24. The number of nitrogens with zero attached hydrogens (tertiary/aromatic N) is 2. The summed E-state index contributed by atoms with van der Waals surface area (Å²) in [4.78, 5) is 13.2. The summed E-state index contributed by atoms with van der Waals surface area (Å²) in [6, 6.07) is 11.9. The molecule has 5 rings (SSSR count). The molecule has 1 saturated heterocycles. The Morgan fingerprint density at radius 3 is 2.61 bits per heavy atom. The molecule has 164 valence electrons. The van der Waals surface area contributed by atoms with E-state index in [0.717, 1.165) is 35.2 Å². The van der Waals surface area contributed by atoms with Gasteiger partial charge in [-0.05, 0) is 67.1 Å². The Morgan fingerprint density at radius 1 is 1.18 bits per heavy atom. The van der Waals surface area contributed by atoms with Gasteiger partial charge in [0.2, 0.25) is 0 Å². The van der Waals surface area contributed by atoms with Crippen molar-refractivity contribution in [1.82, 2.24) is 15.1 Å². The molecular formula is C24H23B2N3O4. The van der Waals surface area contributed by atoms with E-state index in [1.165, 1.54) is 0 Å². The zero-order valence-electron chi connectivity index (χ0n) is 18.4. The number of benzene rings is 2. The highest BCUT2D eigenvalue weighted by atomic mass is 16.7. The van der Waals surface area contributed by atoms with Crippen LogP contribution in [0.25, 0.3) is 5.69 Å². The quantitative estimate of drug-likeness (QED) is 0.619. The fourth-order valence-corrected chi connectivity index (χ4v) is 4.22. The van der Waals surface area contributed by atoms with E-state index in [1.54, 1.807) is 10.9 Å². The van der Waals surface area contributed by atoms with Gasteiger partial charge in [-0.2, -0.15) is 5.10 Å². The van der Waals surface area contributed by atoms with Gasteiger partial charge in [-0.3, -0.25) is 4.79 Å². The summed E-state index contributed by atoms with van der Waals surface area (Å²) in [5.74, 6) is 0.442. The summed E-state index contributed by atoms with van der Waals surface area (Å²) in [5.41, 5.74) is 2.36. The molecule has 7 nitrogen and oxygen atoms in total. The summed E-state index contributed by atoms with van der Waals surface area (Å²) in [6.45, 7) is 3.17. The number of rotatable bonds is 5. The molecule has 0 saturated carbocycles. The molecule has 4 radical (unpaired) electrons. The van der Waals surface area contributed by atoms with Gasteiger partial charge >= 0.3 is 0 Å². The number of hydrogen-bond donors (Lipinski definition) is 1. The number of hydrogen-bond acceptors (Lipinski definition) is 5. The molecule has 33 heavy (non-hydrogen) atoms. The molecule has 1 fully saturated rings. The molecule has 2 aromatic carbocycles. The van der Waals surface area contributed by atoms with Crippen molar-refractivity contribution in [3.8, 4) is 17.2 Å². The zero-order valence-corrected chi connectivity index (χ0v) is 18.4. The van der Waals surface area contributed by atoms with Gasteiger partial charge in [-0.25, -0.2) is 4.68 Å². The molecule has 1 amide bonds. The van der Waals surface area contributed by atoms with Crippen LogP contribution in [-0.2, 0) is 11.2 Å². The normalized spacial score (nSPS) is 17.1. The van der Waals surface area contributed by atoms with Gasteiger partial charge in [0.05, 0.1) is 11.3 Å². The van der Waals surface area contributed by atoms with Gasteiger partial charge in [0.15, 0.2) is 32.8 Å². The lowest BCUT2D eigenvalue weighted by molar-refractivity contribution is 0.0687. The molecule has 3 aromatic rings. The fourth-order valence-electron chi connectivity index (χ4n) is 4.22. The summed E-state index contributed by atoms with van der Waals surface area (Å²) >= 11 is 0. The van der Waals surface area contributed by atoms with Crippen molar-refractivity contribution in [1.29, 1.82) is 0 Å². The molecule has 9 heteroatoms. The summed E-state index contributed by atoms with van der Waals surface area (Å²) in [5, 5.41) is 7.34. The number of amides is 1. The number of carbonyl (C=O) groups is 1. The van der Waals surface area contributed by atoms with E-state index in [9.17, 15) is 4.79 Å². The van der Waals surface area contributed by atoms with E-state index < -0.39 is 5.59 Å². The van der Waals surface area contributed by atoms with Crippen LogP contribution in [0.1, 0.15) is 39.9 Å². The molecule has 1 N–H and O–H groups in total. The van der Waals surface area contributed by atoms with E-state index >= 15 is 0 Å². The maximum atomic E-state index is 13.2. The second-order valence-electron chi connectivity index (χ2n) is 8.45. The first kappa shape index (κ1) is 21.6. The Kier molecular flexibility index (Phi) is 5.66. The van der Waals surface area contributed by atoms with E-state index in [1.807, 2.05) is 49.5 Å². The lowest BCUT2D eigenvalue weighted by Crippen LogP contribution is -2.40. The molecule has 0 bridgehead atoms. The van der Waals surface area contributed by atoms with Crippen molar-refractivity contribution in [2.24, 2.45) is 0 Å². The predicted molar refractivity (Wildman–Crippen MR) is 124 cm³/mol. The third kappa shape index (κ3) is 4.50. The Hall–Kier alpha value is -3.19. The second-order valence-corrected chi connectivity index (χ2v) is 8.45. The second kappa shape index (κ2) is 8.63. The van der Waals surface area contributed by atoms with Crippen LogP contribution in [0.5, 0.6) is 11.5 Å². The molecule has 2 aliphatic rings. The standard InChI is InChI=1S/C24H23B2N3O4/c1-15-17(13-16-3-5-19(6-4-16)29-10-2-9-27-29)14-20(22-21(15)32-24(25,26)33-22)23(30)28-18-7-11-31-12-8-18/h2-6,9-10,14,18H,7-8,11-13H2,1H3,(H,28,30). The number of ether oxygens (including phenoxy) is 3. The molecule has 1 aromatic heterocycles. The molecule has 0 spiro atoms. The van der Waals surface area contributed by atoms with Crippen LogP contribution in [0.2, 0.25) is 0 Å². The average Bonchev–Trinajstić information content (AvgIpc) is 3.44. The van der Waals surface area contributed by atoms with Crippen molar-refractivity contribution >= 4 is 21.6 Å². The number of fused-ring (bicyclic) bond motifs is 1. The maximum Gasteiger partial charge on any atom is 0.255 e. The third-order valence-electron chi connectivity index (χ3n) is 6.02. The van der Waals surface area contributed by atoms with Crippen molar-refractivity contribution in [2.75, 3.05) is 13.2 Å². The first-order chi connectivity index (χ1) is 15.9. The molecule has 0 unspecified atom stereocenters. The minimum absolute atomic E-state index is 0.0457. The first-order valence-electron chi connectivity index (χ1n) is 11.0. The highest BCUT2D eigenvalue weighted by Crippen LogP contribution is 2.44. The first-order valence-corrected chi connectivity index (χ1v) is 11.0. The van der Waals surface area contributed by atoms with Crippen LogP contribution in [0.3, 0.4) is 0 Å². The highest BCUT2D eigenvalue weighted by Gasteiger charge is 2.36. The van der Waals surface area contributed by atoms with Crippen LogP contribution in [0.4, 0.5) is 0 Å². The van der Waals surface area contributed by atoms with Crippen LogP contribution < -0.4 is 14.8 Å². The van der Waals surface area contributed by atoms with E-state index in [-0.39, 0.29) is 17.7 Å². The van der Waals surface area contributed by atoms with E-state index in [2.05, 4.69) is 10.4 Å². The maximum absolute atomic E-state index is 13.2. The van der Waals surface area contributed by atoms with Gasteiger partial charge in [0.25, 0.3) is 5.91 Å². The monoisotopic (exact) mass is 439 g/mol. The molecule has 3 heterocycles. The minimum atomic E-state index is -1.81. The van der Waals surface area contributed by atoms with Gasteiger partial charge < -0.3 is 19.5 Å². The summed E-state index contributed by atoms with van der Waals surface area (Å²) in [7, 11) is 11.8. The Labute approximate surface area is 195 Å². The highest BCUT2D eigenvalue weighted by molar-refractivity contribution is 6.38. The van der Waals surface area contributed by atoms with Crippen LogP contribution in [-0.4, -0.2) is 56.2 Å². The topological polar surface area (TPSA) is 74.6 Å². The van der Waals surface area contributed by atoms with Crippen molar-refractivity contribution in [2.45, 2.75) is 37.8 Å². The average molecular weight is 439 g/mol.